The predicted octanol–water partition coefficient (Wildman–Crippen LogP) is 1.56. The molecule has 2 heterocycles. The molecule has 11 heteroatoms. The summed E-state index contributed by atoms with van der Waals surface area (Å²) in [5.74, 6) is 0.640. The van der Waals surface area contributed by atoms with E-state index in [4.69, 9.17) is 9.47 Å². The molecule has 2 aromatic carbocycles. The van der Waals surface area contributed by atoms with Gasteiger partial charge in [0.05, 0.1) is 36.5 Å². The maximum Gasteiger partial charge on any atom is 0.277 e. The number of carbonyl (C=O) groups is 1. The number of ether oxygens (including phenoxy) is 2. The molecule has 1 aromatic heterocycles. The third-order valence-corrected chi connectivity index (χ3v) is 5.82. The zero-order chi connectivity index (χ0) is 26.0. The number of imidazole rings is 1. The Kier molecular flexibility index (Phi) is 6.73. The minimum absolute atomic E-state index is 0.148. The highest BCUT2D eigenvalue weighted by atomic mass is 16.6. The van der Waals surface area contributed by atoms with Crippen molar-refractivity contribution in [2.75, 3.05) is 20.8 Å². The van der Waals surface area contributed by atoms with Crippen LogP contribution in [0.1, 0.15) is 31.0 Å². The molecule has 1 atom stereocenters. The van der Waals surface area contributed by atoms with Gasteiger partial charge in [0.25, 0.3) is 17.2 Å². The van der Waals surface area contributed by atoms with Crippen LogP contribution in [-0.2, 0) is 4.79 Å². The lowest BCUT2D eigenvalue weighted by atomic mass is 9.94. The van der Waals surface area contributed by atoms with Crippen LogP contribution in [0.15, 0.2) is 63.5 Å². The number of hydrogen-bond acceptors (Lipinski definition) is 7. The van der Waals surface area contributed by atoms with Crippen LogP contribution in [0.3, 0.4) is 0 Å². The van der Waals surface area contributed by atoms with E-state index >= 15 is 0 Å². The first-order valence-electron chi connectivity index (χ1n) is 11.1. The molecule has 11 nitrogen and oxygen atoms in total. The molecule has 2 N–H and O–H groups in total. The second-order valence-corrected chi connectivity index (χ2v) is 8.02. The first-order valence-corrected chi connectivity index (χ1v) is 11.1. The van der Waals surface area contributed by atoms with Crippen molar-refractivity contribution in [3.8, 4) is 11.5 Å². The van der Waals surface area contributed by atoms with Crippen molar-refractivity contribution in [3.63, 3.8) is 0 Å². The number of methoxy groups -OCH3 is 2. The highest BCUT2D eigenvalue weighted by Crippen LogP contribution is 2.31. The van der Waals surface area contributed by atoms with Crippen molar-refractivity contribution in [3.05, 3.63) is 96.3 Å². The van der Waals surface area contributed by atoms with Gasteiger partial charge in [0, 0.05) is 18.7 Å². The largest absolute Gasteiger partial charge is 0.493 e. The van der Waals surface area contributed by atoms with Crippen molar-refractivity contribution in [2.45, 2.75) is 19.9 Å². The standard InChI is InChI=1S/C25H25N5O6/c1-5-26-23(31)21-14(2)27-25-28-18(11-15-9-10-19(35-3)20(12-15)36-4)24(32)29(25)22(21)16-7-6-8-17(13-16)30(33)34/h6-13,22H,5H2,1-4H3,(H,26,31)(H,27,28)/b18-11+. The van der Waals surface area contributed by atoms with Gasteiger partial charge in [-0.2, -0.15) is 0 Å². The number of nitrogens with zero attached hydrogens (tertiary/aromatic N) is 3. The molecule has 1 aliphatic heterocycles. The van der Waals surface area contributed by atoms with E-state index in [1.807, 2.05) is 0 Å². The van der Waals surface area contributed by atoms with Gasteiger partial charge in [-0.15, -0.1) is 0 Å². The number of nitro benzene ring substituents is 1. The van der Waals surface area contributed by atoms with Gasteiger partial charge in [-0.05, 0) is 43.2 Å². The SMILES string of the molecule is CCNC(=O)C1=C(C)N=c2[nH]/c(=C/c3ccc(OC)c(OC)c3)c(=O)n2C1c1cccc([N+](=O)[O-])c1. The zero-order valence-electron chi connectivity index (χ0n) is 20.2. The number of hydrogen-bond donors (Lipinski definition) is 2. The molecule has 0 spiro atoms. The molecule has 0 aliphatic carbocycles. The molecule has 1 unspecified atom stereocenters. The average molecular weight is 492 g/mol. The monoisotopic (exact) mass is 491 g/mol. The number of H-pyrrole nitrogens is 1. The topological polar surface area (TPSA) is 141 Å². The van der Waals surface area contributed by atoms with Crippen molar-refractivity contribution in [2.24, 2.45) is 4.99 Å². The van der Waals surface area contributed by atoms with E-state index in [0.717, 1.165) is 0 Å². The Morgan fingerprint density at radius 3 is 2.64 bits per heavy atom. The fourth-order valence-electron chi connectivity index (χ4n) is 4.20. The Morgan fingerprint density at radius 1 is 1.22 bits per heavy atom. The highest BCUT2D eigenvalue weighted by molar-refractivity contribution is 5.95. The second kappa shape index (κ2) is 9.90. The lowest BCUT2D eigenvalue weighted by molar-refractivity contribution is -0.384. The molecular formula is C25H25N5O6. The number of amides is 1. The predicted molar refractivity (Wildman–Crippen MR) is 132 cm³/mol. The average Bonchev–Trinajstić information content (AvgIpc) is 3.17. The number of likely N-dealkylation sites (N-methyl/N-ethyl adjacent to an activating group) is 1. The number of rotatable bonds is 7. The van der Waals surface area contributed by atoms with Crippen molar-refractivity contribution >= 4 is 17.7 Å². The molecule has 1 aliphatic rings. The summed E-state index contributed by atoms with van der Waals surface area (Å²) in [7, 11) is 3.05. The summed E-state index contributed by atoms with van der Waals surface area (Å²) < 4.78 is 12.0. The summed E-state index contributed by atoms with van der Waals surface area (Å²) in [4.78, 5) is 45.1. The van der Waals surface area contributed by atoms with Crippen LogP contribution in [0, 0.1) is 10.1 Å². The lowest BCUT2D eigenvalue weighted by Crippen LogP contribution is -2.41. The Balaban J connectivity index is 1.95. The number of aromatic nitrogens is 2. The molecule has 0 fully saturated rings. The van der Waals surface area contributed by atoms with Crippen molar-refractivity contribution in [1.82, 2.24) is 14.9 Å². The Hall–Kier alpha value is -4.67. The summed E-state index contributed by atoms with van der Waals surface area (Å²) in [6, 6.07) is 10.2. The van der Waals surface area contributed by atoms with E-state index in [0.29, 0.717) is 34.9 Å². The summed E-state index contributed by atoms with van der Waals surface area (Å²) in [5.41, 5.74) is 1.37. The van der Waals surface area contributed by atoms with E-state index in [2.05, 4.69) is 15.3 Å². The number of non-ortho nitro benzene ring substituents is 1. The quantitative estimate of drug-likeness (QED) is 0.380. The Bertz CT molecular complexity index is 1570. The van der Waals surface area contributed by atoms with Gasteiger partial charge < -0.3 is 19.8 Å². The summed E-state index contributed by atoms with van der Waals surface area (Å²) in [6.45, 7) is 3.81. The van der Waals surface area contributed by atoms with Crippen LogP contribution in [0.4, 0.5) is 5.69 Å². The van der Waals surface area contributed by atoms with Gasteiger partial charge in [0.15, 0.2) is 11.5 Å². The van der Waals surface area contributed by atoms with E-state index < -0.39 is 22.4 Å². The molecule has 0 saturated carbocycles. The van der Waals surface area contributed by atoms with Crippen LogP contribution < -0.4 is 31.3 Å². The third-order valence-electron chi connectivity index (χ3n) is 5.82. The van der Waals surface area contributed by atoms with Gasteiger partial charge in [0.2, 0.25) is 5.62 Å². The lowest BCUT2D eigenvalue weighted by Gasteiger charge is -2.25. The van der Waals surface area contributed by atoms with Crippen molar-refractivity contribution < 1.29 is 19.2 Å². The molecule has 3 aromatic rings. The summed E-state index contributed by atoms with van der Waals surface area (Å²) >= 11 is 0. The first kappa shape index (κ1) is 24.5. The van der Waals surface area contributed by atoms with Crippen LogP contribution in [0.5, 0.6) is 11.5 Å². The minimum atomic E-state index is -0.916. The fraction of sp³-hybridized carbons (Fsp3) is 0.240. The number of carbonyl (C=O) groups excluding carboxylic acids is 1. The maximum atomic E-state index is 13.6. The maximum absolute atomic E-state index is 13.6. The molecule has 4 rings (SSSR count). The van der Waals surface area contributed by atoms with Gasteiger partial charge in [0.1, 0.15) is 5.35 Å². The van der Waals surface area contributed by atoms with Crippen LogP contribution >= 0.6 is 0 Å². The fourth-order valence-corrected chi connectivity index (χ4v) is 4.20. The third kappa shape index (κ3) is 4.38. The number of aromatic amines is 1. The Labute approximate surface area is 205 Å². The Morgan fingerprint density at radius 2 is 1.97 bits per heavy atom. The normalized spacial score (nSPS) is 15.2. The molecule has 0 bridgehead atoms. The molecule has 0 radical (unpaired) electrons. The van der Waals surface area contributed by atoms with Gasteiger partial charge in [-0.3, -0.25) is 24.3 Å². The van der Waals surface area contributed by atoms with Crippen LogP contribution in [0.25, 0.3) is 6.08 Å². The summed E-state index contributed by atoms with van der Waals surface area (Å²) in [6.07, 6.45) is 1.64. The van der Waals surface area contributed by atoms with E-state index in [-0.39, 0.29) is 22.2 Å². The molecule has 186 valence electrons. The molecule has 36 heavy (non-hydrogen) atoms. The van der Waals surface area contributed by atoms with E-state index in [1.165, 1.54) is 37.0 Å². The molecule has 1 amide bonds. The number of benzene rings is 2. The van der Waals surface area contributed by atoms with E-state index in [9.17, 15) is 19.7 Å². The number of fused-ring (bicyclic) bond motifs is 1. The second-order valence-electron chi connectivity index (χ2n) is 8.02. The van der Waals surface area contributed by atoms with Crippen LogP contribution in [-0.4, -0.2) is 41.1 Å². The van der Waals surface area contributed by atoms with Gasteiger partial charge in [-0.25, -0.2) is 4.99 Å². The highest BCUT2D eigenvalue weighted by Gasteiger charge is 2.32. The molecular weight excluding hydrogens is 466 g/mol. The van der Waals surface area contributed by atoms with Gasteiger partial charge in [-0.1, -0.05) is 18.2 Å². The minimum Gasteiger partial charge on any atom is -0.493 e. The number of nitrogens with one attached hydrogen (secondary N) is 2. The first-order chi connectivity index (χ1) is 17.3. The number of allylic oxidation sites excluding steroid dienone is 1. The number of nitro groups is 1. The smallest absolute Gasteiger partial charge is 0.277 e. The van der Waals surface area contributed by atoms with E-state index in [1.54, 1.807) is 44.2 Å². The summed E-state index contributed by atoms with van der Waals surface area (Å²) in [5, 5.41) is 14.4. The molecule has 0 saturated heterocycles. The van der Waals surface area contributed by atoms with Crippen LogP contribution in [0.2, 0.25) is 0 Å². The van der Waals surface area contributed by atoms with Gasteiger partial charge >= 0.3 is 0 Å². The van der Waals surface area contributed by atoms with Crippen molar-refractivity contribution in [1.29, 1.82) is 0 Å². The zero-order valence-corrected chi connectivity index (χ0v) is 20.2.